The average molecular weight is 264 g/mol. The van der Waals surface area contributed by atoms with Crippen LogP contribution in [-0.4, -0.2) is 27.1 Å². The van der Waals surface area contributed by atoms with Crippen LogP contribution < -0.4 is 14.2 Å². The van der Waals surface area contributed by atoms with E-state index in [2.05, 4.69) is 0 Å². The lowest BCUT2D eigenvalue weighted by Gasteiger charge is -2.12. The largest absolute Gasteiger partial charge is 0.493 e. The number of ketones is 1. The zero-order valence-corrected chi connectivity index (χ0v) is 12.0. The van der Waals surface area contributed by atoms with Gasteiger partial charge in [-0.25, -0.2) is 0 Å². The number of carbonyl (C=O) groups is 1. The van der Waals surface area contributed by atoms with E-state index in [-0.39, 0.29) is 11.7 Å². The topological polar surface area (TPSA) is 44.8 Å². The maximum atomic E-state index is 11.6. The van der Waals surface area contributed by atoms with E-state index >= 15 is 0 Å². The Morgan fingerprint density at radius 1 is 1.05 bits per heavy atom. The van der Waals surface area contributed by atoms with Crippen molar-refractivity contribution in [2.45, 2.75) is 13.8 Å². The molecule has 0 bridgehead atoms. The molecule has 0 aliphatic heterocycles. The van der Waals surface area contributed by atoms with Gasteiger partial charge in [0.15, 0.2) is 17.3 Å². The first-order chi connectivity index (χ1) is 9.03. The zero-order chi connectivity index (χ0) is 14.4. The van der Waals surface area contributed by atoms with Crippen LogP contribution in [0, 0.1) is 5.92 Å². The van der Waals surface area contributed by atoms with E-state index in [0.29, 0.717) is 17.2 Å². The number of benzene rings is 1. The molecule has 4 heteroatoms. The number of hydrogen-bond donors (Lipinski definition) is 0. The number of ether oxygens (including phenoxy) is 3. The van der Waals surface area contributed by atoms with Crippen LogP contribution >= 0.6 is 0 Å². The lowest BCUT2D eigenvalue weighted by Crippen LogP contribution is -2.01. The van der Waals surface area contributed by atoms with Crippen molar-refractivity contribution in [3.05, 3.63) is 23.8 Å². The van der Waals surface area contributed by atoms with Gasteiger partial charge in [0.25, 0.3) is 0 Å². The van der Waals surface area contributed by atoms with E-state index in [4.69, 9.17) is 14.2 Å². The molecule has 4 nitrogen and oxygen atoms in total. The van der Waals surface area contributed by atoms with Gasteiger partial charge < -0.3 is 14.2 Å². The number of allylic oxidation sites excluding steroid dienone is 1. The Morgan fingerprint density at radius 2 is 1.58 bits per heavy atom. The first-order valence-corrected chi connectivity index (χ1v) is 6.05. The van der Waals surface area contributed by atoms with Crippen molar-refractivity contribution in [2.75, 3.05) is 21.3 Å². The Balaban J connectivity index is 3.13. The minimum atomic E-state index is -0.0155. The molecule has 1 rings (SSSR count). The van der Waals surface area contributed by atoms with Gasteiger partial charge in [0, 0.05) is 5.92 Å². The summed E-state index contributed by atoms with van der Waals surface area (Å²) in [4.78, 5) is 11.6. The van der Waals surface area contributed by atoms with Crippen LogP contribution in [0.4, 0.5) is 0 Å². The molecule has 0 aliphatic rings. The molecule has 0 aliphatic carbocycles. The Hall–Kier alpha value is -1.97. The van der Waals surface area contributed by atoms with Crippen LogP contribution in [0.2, 0.25) is 0 Å². The van der Waals surface area contributed by atoms with Gasteiger partial charge >= 0.3 is 0 Å². The molecule has 0 unspecified atom stereocenters. The number of hydrogen-bond acceptors (Lipinski definition) is 4. The van der Waals surface area contributed by atoms with Crippen molar-refractivity contribution >= 4 is 11.9 Å². The average Bonchev–Trinajstić information content (AvgIpc) is 2.42. The van der Waals surface area contributed by atoms with E-state index in [0.717, 1.165) is 5.56 Å². The predicted molar refractivity (Wildman–Crippen MR) is 75.0 cm³/mol. The van der Waals surface area contributed by atoms with Crippen LogP contribution in [0.25, 0.3) is 6.08 Å². The fourth-order valence-corrected chi connectivity index (χ4v) is 1.57. The number of rotatable bonds is 6. The summed E-state index contributed by atoms with van der Waals surface area (Å²) in [5.74, 6) is 1.74. The van der Waals surface area contributed by atoms with E-state index in [1.807, 2.05) is 13.8 Å². The fourth-order valence-electron chi connectivity index (χ4n) is 1.57. The molecule has 1 aromatic rings. The van der Waals surface area contributed by atoms with E-state index in [1.54, 1.807) is 45.6 Å². The maximum Gasteiger partial charge on any atom is 0.203 e. The summed E-state index contributed by atoms with van der Waals surface area (Å²) in [5.41, 5.74) is 0.823. The first kappa shape index (κ1) is 15.1. The summed E-state index contributed by atoms with van der Waals surface area (Å²) < 4.78 is 15.7. The van der Waals surface area contributed by atoms with Crippen molar-refractivity contribution in [2.24, 2.45) is 5.92 Å². The molecule has 0 fully saturated rings. The quantitative estimate of drug-likeness (QED) is 0.741. The highest BCUT2D eigenvalue weighted by Gasteiger charge is 2.12. The standard InChI is InChI=1S/C15H20O4/c1-10(2)12(16)7-6-11-8-13(17-3)15(19-5)14(9-11)18-4/h6-10H,1-5H3/b7-6+. The lowest BCUT2D eigenvalue weighted by atomic mass is 10.1. The SMILES string of the molecule is COc1cc(/C=C/C(=O)C(C)C)cc(OC)c1OC. The second-order valence-electron chi connectivity index (χ2n) is 4.35. The fraction of sp³-hybridized carbons (Fsp3) is 0.400. The Kier molecular flexibility index (Phi) is 5.42. The van der Waals surface area contributed by atoms with Crippen LogP contribution in [0.15, 0.2) is 18.2 Å². The minimum absolute atomic E-state index is 0.0155. The summed E-state index contributed by atoms with van der Waals surface area (Å²) in [6.07, 6.45) is 3.30. The Labute approximate surface area is 114 Å². The summed E-state index contributed by atoms with van der Waals surface area (Å²) in [7, 11) is 4.67. The van der Waals surface area contributed by atoms with Crippen molar-refractivity contribution in [1.29, 1.82) is 0 Å². The molecule has 0 N–H and O–H groups in total. The third-order valence-electron chi connectivity index (χ3n) is 2.70. The van der Waals surface area contributed by atoms with E-state index in [1.165, 1.54) is 0 Å². The van der Waals surface area contributed by atoms with Gasteiger partial charge in [0.05, 0.1) is 21.3 Å². The second-order valence-corrected chi connectivity index (χ2v) is 4.35. The molecular formula is C15H20O4. The monoisotopic (exact) mass is 264 g/mol. The third kappa shape index (κ3) is 3.74. The molecule has 0 amide bonds. The lowest BCUT2D eigenvalue weighted by molar-refractivity contribution is -0.117. The molecule has 0 spiro atoms. The van der Waals surface area contributed by atoms with E-state index in [9.17, 15) is 4.79 Å². The summed E-state index contributed by atoms with van der Waals surface area (Å²) in [6.45, 7) is 3.73. The zero-order valence-electron chi connectivity index (χ0n) is 12.0. The molecule has 104 valence electrons. The number of methoxy groups -OCH3 is 3. The van der Waals surface area contributed by atoms with Gasteiger partial charge in [-0.15, -0.1) is 0 Å². The van der Waals surface area contributed by atoms with Gasteiger partial charge in [-0.05, 0) is 23.8 Å². The van der Waals surface area contributed by atoms with Crippen LogP contribution in [0.5, 0.6) is 17.2 Å². The second kappa shape index (κ2) is 6.83. The van der Waals surface area contributed by atoms with Crippen LogP contribution in [-0.2, 0) is 4.79 Å². The Bertz CT molecular complexity index is 450. The van der Waals surface area contributed by atoms with Crippen molar-refractivity contribution in [3.63, 3.8) is 0 Å². The van der Waals surface area contributed by atoms with Crippen molar-refractivity contribution in [1.82, 2.24) is 0 Å². The highest BCUT2D eigenvalue weighted by molar-refractivity contribution is 5.95. The normalized spacial score (nSPS) is 10.8. The van der Waals surface area contributed by atoms with Crippen LogP contribution in [0.3, 0.4) is 0 Å². The summed E-state index contributed by atoms with van der Waals surface area (Å²) in [6, 6.07) is 3.59. The van der Waals surface area contributed by atoms with Crippen molar-refractivity contribution < 1.29 is 19.0 Å². The van der Waals surface area contributed by atoms with Gasteiger partial charge in [-0.3, -0.25) is 4.79 Å². The summed E-state index contributed by atoms with van der Waals surface area (Å²) in [5, 5.41) is 0. The molecule has 0 radical (unpaired) electrons. The molecule has 0 aromatic heterocycles. The van der Waals surface area contributed by atoms with Gasteiger partial charge in [0.1, 0.15) is 0 Å². The molecule has 0 heterocycles. The maximum absolute atomic E-state index is 11.6. The molecule has 1 aromatic carbocycles. The summed E-state index contributed by atoms with van der Waals surface area (Å²) >= 11 is 0. The highest BCUT2D eigenvalue weighted by Crippen LogP contribution is 2.38. The smallest absolute Gasteiger partial charge is 0.203 e. The molecule has 19 heavy (non-hydrogen) atoms. The predicted octanol–water partition coefficient (Wildman–Crippen LogP) is 2.95. The van der Waals surface area contributed by atoms with Crippen molar-refractivity contribution in [3.8, 4) is 17.2 Å². The molecule has 0 atom stereocenters. The molecule has 0 saturated carbocycles. The van der Waals surface area contributed by atoms with Gasteiger partial charge in [-0.1, -0.05) is 19.9 Å². The first-order valence-electron chi connectivity index (χ1n) is 6.05. The number of carbonyl (C=O) groups excluding carboxylic acids is 1. The molecular weight excluding hydrogens is 244 g/mol. The molecule has 0 saturated heterocycles. The third-order valence-corrected chi connectivity index (χ3v) is 2.70. The highest BCUT2D eigenvalue weighted by atomic mass is 16.5. The van der Waals surface area contributed by atoms with E-state index < -0.39 is 0 Å². The Morgan fingerprint density at radius 3 is 1.95 bits per heavy atom. The van der Waals surface area contributed by atoms with Crippen LogP contribution in [0.1, 0.15) is 19.4 Å². The van der Waals surface area contributed by atoms with Gasteiger partial charge in [0.2, 0.25) is 5.75 Å². The van der Waals surface area contributed by atoms with Gasteiger partial charge in [-0.2, -0.15) is 0 Å². The minimum Gasteiger partial charge on any atom is -0.493 e.